The summed E-state index contributed by atoms with van der Waals surface area (Å²) in [5, 5.41) is 4.41. The number of hydrogen-bond acceptors (Lipinski definition) is 2. The third kappa shape index (κ3) is 4.12. The first kappa shape index (κ1) is 23.5. The first-order chi connectivity index (χ1) is 18.1. The predicted molar refractivity (Wildman–Crippen MR) is 146 cm³/mol. The molecule has 1 aliphatic heterocycles. The van der Waals surface area contributed by atoms with Gasteiger partial charge in [-0.3, -0.25) is 9.59 Å². The van der Waals surface area contributed by atoms with Crippen molar-refractivity contribution in [1.82, 2.24) is 14.8 Å². The number of rotatable bonds is 5. The topological polar surface area (TPSA) is 54.3 Å². The van der Waals surface area contributed by atoms with Crippen LogP contribution in [-0.4, -0.2) is 27.3 Å². The second-order valence-corrected chi connectivity index (χ2v) is 10.6. The van der Waals surface area contributed by atoms with Gasteiger partial charge in [0.25, 0.3) is 11.8 Å². The van der Waals surface area contributed by atoms with Crippen LogP contribution in [0.25, 0.3) is 10.9 Å². The van der Waals surface area contributed by atoms with Gasteiger partial charge in [0.15, 0.2) is 5.54 Å². The van der Waals surface area contributed by atoms with Crippen LogP contribution in [-0.2, 0) is 23.4 Å². The third-order valence-corrected chi connectivity index (χ3v) is 8.15. The van der Waals surface area contributed by atoms with Crippen molar-refractivity contribution in [2.24, 2.45) is 0 Å². The van der Waals surface area contributed by atoms with E-state index >= 15 is 0 Å². The number of aromatic nitrogens is 1. The highest BCUT2D eigenvalue weighted by Crippen LogP contribution is 2.40. The van der Waals surface area contributed by atoms with Gasteiger partial charge in [0.05, 0.1) is 6.54 Å². The number of nitrogens with zero attached hydrogens (tertiary/aromatic N) is 2. The average molecular weight is 492 g/mol. The molecule has 1 saturated carbocycles. The molecule has 1 unspecified atom stereocenters. The maximum absolute atomic E-state index is 14.5. The summed E-state index contributed by atoms with van der Waals surface area (Å²) in [5.41, 5.74) is 3.45. The lowest BCUT2D eigenvalue weighted by Gasteiger charge is -2.47. The lowest BCUT2D eigenvalue weighted by atomic mass is 9.83. The Balaban J connectivity index is 1.53. The number of hydrogen-bond donors (Lipinski definition) is 1. The minimum Gasteiger partial charge on any atom is -0.351 e. The van der Waals surface area contributed by atoms with Crippen LogP contribution in [0.4, 0.5) is 0 Å². The van der Waals surface area contributed by atoms with Gasteiger partial charge in [-0.25, -0.2) is 0 Å². The minimum absolute atomic E-state index is 0.0884. The monoisotopic (exact) mass is 491 g/mol. The van der Waals surface area contributed by atoms with Crippen LogP contribution < -0.4 is 5.32 Å². The fourth-order valence-electron chi connectivity index (χ4n) is 6.10. The number of carbonyl (C=O) groups is 2. The molecule has 188 valence electrons. The summed E-state index contributed by atoms with van der Waals surface area (Å²) < 4.78 is 2.05. The summed E-state index contributed by atoms with van der Waals surface area (Å²) in [6, 6.07) is 28.3. The number of amides is 2. The highest BCUT2D eigenvalue weighted by Gasteiger charge is 2.52. The van der Waals surface area contributed by atoms with Crippen LogP contribution in [0.1, 0.15) is 59.3 Å². The lowest BCUT2D eigenvalue weighted by molar-refractivity contribution is -0.136. The zero-order valence-corrected chi connectivity index (χ0v) is 21.3. The Morgan fingerprint density at radius 1 is 0.919 bits per heavy atom. The highest BCUT2D eigenvalue weighted by atomic mass is 16.2. The predicted octanol–water partition coefficient (Wildman–Crippen LogP) is 5.95. The van der Waals surface area contributed by atoms with Crippen molar-refractivity contribution < 1.29 is 9.59 Å². The molecule has 4 aromatic rings. The first-order valence-corrected chi connectivity index (χ1v) is 13.4. The van der Waals surface area contributed by atoms with Gasteiger partial charge in [-0.1, -0.05) is 97.6 Å². The maximum atomic E-state index is 14.5. The van der Waals surface area contributed by atoms with Crippen molar-refractivity contribution in [3.63, 3.8) is 0 Å². The molecule has 0 saturated heterocycles. The van der Waals surface area contributed by atoms with Gasteiger partial charge in [0, 0.05) is 23.5 Å². The van der Waals surface area contributed by atoms with E-state index < -0.39 is 5.54 Å². The second-order valence-electron chi connectivity index (χ2n) is 10.6. The minimum atomic E-state index is -1.17. The molecule has 1 fully saturated rings. The van der Waals surface area contributed by atoms with Crippen molar-refractivity contribution in [2.45, 2.75) is 63.7 Å². The van der Waals surface area contributed by atoms with Crippen LogP contribution >= 0.6 is 0 Å². The molecule has 6 rings (SSSR count). The van der Waals surface area contributed by atoms with Crippen molar-refractivity contribution >= 4 is 22.7 Å². The van der Waals surface area contributed by atoms with Crippen molar-refractivity contribution in [2.75, 3.05) is 0 Å². The molecule has 2 amide bonds. The molecule has 1 atom stereocenters. The Bertz CT molecular complexity index is 1430. The SMILES string of the molecule is Cc1ccc(CN2C(=O)c3cc4ccccc4n3CC2(C(=O)NC2CCCCC2)c2ccccc2)cc1. The Kier molecular flexibility index (Phi) is 6.07. The molecule has 0 spiro atoms. The normalized spacial score (nSPS) is 20.1. The first-order valence-electron chi connectivity index (χ1n) is 13.4. The summed E-state index contributed by atoms with van der Waals surface area (Å²) in [4.78, 5) is 30.7. The zero-order chi connectivity index (χ0) is 25.4. The molecular weight excluding hydrogens is 458 g/mol. The molecule has 37 heavy (non-hydrogen) atoms. The van der Waals surface area contributed by atoms with Crippen LogP contribution in [0.3, 0.4) is 0 Å². The molecule has 1 N–H and O–H groups in total. The van der Waals surface area contributed by atoms with E-state index in [2.05, 4.69) is 41.1 Å². The number of carbonyl (C=O) groups excluding carboxylic acids is 2. The number of fused-ring (bicyclic) bond motifs is 3. The van der Waals surface area contributed by atoms with Gasteiger partial charge in [-0.15, -0.1) is 0 Å². The Morgan fingerprint density at radius 3 is 2.38 bits per heavy atom. The van der Waals surface area contributed by atoms with Crippen LogP contribution in [0.5, 0.6) is 0 Å². The highest BCUT2D eigenvalue weighted by molar-refractivity contribution is 6.04. The number of para-hydroxylation sites is 1. The number of benzene rings is 3. The summed E-state index contributed by atoms with van der Waals surface area (Å²) in [6.07, 6.45) is 5.44. The fraction of sp³-hybridized carbons (Fsp3) is 0.312. The van der Waals surface area contributed by atoms with E-state index in [1.165, 1.54) is 12.0 Å². The Labute approximate surface area is 218 Å². The third-order valence-electron chi connectivity index (χ3n) is 8.15. The van der Waals surface area contributed by atoms with Crippen LogP contribution in [0, 0.1) is 6.92 Å². The van der Waals surface area contributed by atoms with Gasteiger partial charge in [0.1, 0.15) is 5.69 Å². The van der Waals surface area contributed by atoms with E-state index in [1.54, 1.807) is 0 Å². The second kappa shape index (κ2) is 9.55. The number of nitrogens with one attached hydrogen (secondary N) is 1. The van der Waals surface area contributed by atoms with E-state index in [4.69, 9.17) is 0 Å². The largest absolute Gasteiger partial charge is 0.351 e. The number of aryl methyl sites for hydroxylation is 1. The molecule has 5 heteroatoms. The molecule has 2 heterocycles. The maximum Gasteiger partial charge on any atom is 0.272 e. The van der Waals surface area contributed by atoms with Crippen molar-refractivity contribution in [1.29, 1.82) is 0 Å². The summed E-state index contributed by atoms with van der Waals surface area (Å²) in [5.74, 6) is -0.208. The zero-order valence-electron chi connectivity index (χ0n) is 21.3. The molecule has 2 aliphatic rings. The molecule has 1 aliphatic carbocycles. The van der Waals surface area contributed by atoms with E-state index in [1.807, 2.05) is 65.6 Å². The molecule has 3 aromatic carbocycles. The van der Waals surface area contributed by atoms with Gasteiger partial charge in [0.2, 0.25) is 0 Å². The van der Waals surface area contributed by atoms with Crippen LogP contribution in [0.2, 0.25) is 0 Å². The summed E-state index contributed by atoms with van der Waals surface area (Å²) in [6.45, 7) is 2.78. The van der Waals surface area contributed by atoms with Crippen molar-refractivity contribution in [3.05, 3.63) is 107 Å². The van der Waals surface area contributed by atoms with Gasteiger partial charge < -0.3 is 14.8 Å². The van der Waals surface area contributed by atoms with Gasteiger partial charge in [-0.05, 0) is 43.0 Å². The lowest BCUT2D eigenvalue weighted by Crippen LogP contribution is -2.64. The van der Waals surface area contributed by atoms with Crippen LogP contribution in [0.15, 0.2) is 84.9 Å². The van der Waals surface area contributed by atoms with E-state index in [9.17, 15) is 9.59 Å². The Hall–Kier alpha value is -3.86. The van der Waals surface area contributed by atoms with Gasteiger partial charge in [-0.2, -0.15) is 0 Å². The molecular formula is C32H33N3O2. The molecule has 0 bridgehead atoms. The van der Waals surface area contributed by atoms with E-state index in [-0.39, 0.29) is 17.9 Å². The average Bonchev–Trinajstić information content (AvgIpc) is 3.31. The van der Waals surface area contributed by atoms with Gasteiger partial charge >= 0.3 is 0 Å². The summed E-state index contributed by atoms with van der Waals surface area (Å²) in [7, 11) is 0. The fourth-order valence-corrected chi connectivity index (χ4v) is 6.10. The quantitative estimate of drug-likeness (QED) is 0.375. The van der Waals surface area contributed by atoms with E-state index in [0.717, 1.165) is 47.7 Å². The summed E-state index contributed by atoms with van der Waals surface area (Å²) >= 11 is 0. The smallest absolute Gasteiger partial charge is 0.272 e. The Morgan fingerprint density at radius 2 is 1.62 bits per heavy atom. The molecule has 0 radical (unpaired) electrons. The van der Waals surface area contributed by atoms with E-state index in [0.29, 0.717) is 18.8 Å². The molecule has 1 aromatic heterocycles. The van der Waals surface area contributed by atoms with Crippen molar-refractivity contribution in [3.8, 4) is 0 Å². The standard InChI is InChI=1S/C32H33N3O2/c1-23-16-18-24(19-17-23)21-35-30(36)29-20-25-10-8-9-15-28(25)34(29)22-32(35,26-11-4-2-5-12-26)31(37)33-27-13-6-3-7-14-27/h2,4-5,8-12,15-20,27H,3,6-7,13-14,21-22H2,1H3,(H,33,37). The molecule has 5 nitrogen and oxygen atoms in total.